The first kappa shape index (κ1) is 23.2. The van der Waals surface area contributed by atoms with Crippen LogP contribution in [0.5, 0.6) is 5.88 Å². The summed E-state index contributed by atoms with van der Waals surface area (Å²) in [4.78, 5) is 8.12. The van der Waals surface area contributed by atoms with Gasteiger partial charge in [-0.3, -0.25) is 4.99 Å². The predicted octanol–water partition coefficient (Wildman–Crippen LogP) is 4.04. The van der Waals surface area contributed by atoms with E-state index in [9.17, 15) is 13.2 Å². The third-order valence-electron chi connectivity index (χ3n) is 4.70. The van der Waals surface area contributed by atoms with Crippen LogP contribution in [0.15, 0.2) is 53.7 Å². The van der Waals surface area contributed by atoms with Gasteiger partial charge in [0.2, 0.25) is 5.88 Å². The number of alkyl halides is 3. The Hall–Kier alpha value is -2.04. The number of ether oxygens (including phenoxy) is 1. The summed E-state index contributed by atoms with van der Waals surface area (Å²) in [6.45, 7) is -0.110. The standard InChI is InChI=1S/C20H23F3N4O.HI/c1-24-18(27-13-19(9-10-19)16-5-3-2-4-6-16)26-12-15-7-8-17(25-11-15)28-14-20(21,22)23;/h2-8,11H,9-10,12-14H2,1H3,(H2,24,26,27);1H. The number of halogens is 4. The molecule has 1 saturated carbocycles. The minimum atomic E-state index is -4.38. The number of guanidine groups is 1. The molecule has 3 rings (SSSR count). The lowest BCUT2D eigenvalue weighted by Crippen LogP contribution is -2.40. The fraction of sp³-hybridized carbons (Fsp3) is 0.400. The predicted molar refractivity (Wildman–Crippen MR) is 117 cm³/mol. The van der Waals surface area contributed by atoms with E-state index < -0.39 is 12.8 Å². The molecule has 1 aromatic carbocycles. The van der Waals surface area contributed by atoms with Crippen molar-refractivity contribution in [3.8, 4) is 5.88 Å². The summed E-state index contributed by atoms with van der Waals surface area (Å²) >= 11 is 0. The van der Waals surface area contributed by atoms with Crippen LogP contribution in [0.1, 0.15) is 24.0 Å². The summed E-state index contributed by atoms with van der Waals surface area (Å²) in [7, 11) is 1.70. The van der Waals surface area contributed by atoms with Crippen LogP contribution in [0.4, 0.5) is 13.2 Å². The summed E-state index contributed by atoms with van der Waals surface area (Å²) in [6, 6.07) is 13.5. The van der Waals surface area contributed by atoms with E-state index in [-0.39, 0.29) is 35.3 Å². The topological polar surface area (TPSA) is 58.5 Å². The minimum absolute atomic E-state index is 0. The van der Waals surface area contributed by atoms with Crippen LogP contribution in [0.3, 0.4) is 0 Å². The largest absolute Gasteiger partial charge is 0.468 e. The fourth-order valence-corrected chi connectivity index (χ4v) is 2.93. The quantitative estimate of drug-likeness (QED) is 0.329. The molecule has 1 aliphatic carbocycles. The zero-order chi connectivity index (χ0) is 20.0. The maximum Gasteiger partial charge on any atom is 0.422 e. The maximum atomic E-state index is 12.2. The van der Waals surface area contributed by atoms with Gasteiger partial charge in [-0.2, -0.15) is 13.2 Å². The summed E-state index contributed by atoms with van der Waals surface area (Å²) in [5.41, 5.74) is 2.31. The van der Waals surface area contributed by atoms with E-state index in [2.05, 4.69) is 49.6 Å². The van der Waals surface area contributed by atoms with Gasteiger partial charge in [-0.25, -0.2) is 4.98 Å². The molecule has 0 unspecified atom stereocenters. The van der Waals surface area contributed by atoms with Crippen molar-refractivity contribution in [2.24, 2.45) is 4.99 Å². The summed E-state index contributed by atoms with van der Waals surface area (Å²) in [6.07, 6.45) is -0.605. The van der Waals surface area contributed by atoms with Crippen molar-refractivity contribution in [3.05, 3.63) is 59.8 Å². The second kappa shape index (κ2) is 10.1. The molecule has 1 aromatic heterocycles. The molecule has 0 amide bonds. The highest BCUT2D eigenvalue weighted by Gasteiger charge is 2.43. The van der Waals surface area contributed by atoms with Crippen molar-refractivity contribution in [2.45, 2.75) is 31.0 Å². The molecule has 0 saturated heterocycles. The molecule has 0 aliphatic heterocycles. The maximum absolute atomic E-state index is 12.2. The van der Waals surface area contributed by atoms with E-state index in [1.165, 1.54) is 17.8 Å². The van der Waals surface area contributed by atoms with Gasteiger partial charge in [-0.05, 0) is 24.0 Å². The molecule has 158 valence electrons. The average molecular weight is 520 g/mol. The highest BCUT2D eigenvalue weighted by Crippen LogP contribution is 2.47. The van der Waals surface area contributed by atoms with Gasteiger partial charge in [0.15, 0.2) is 12.6 Å². The van der Waals surface area contributed by atoms with Crippen molar-refractivity contribution < 1.29 is 17.9 Å². The molecular weight excluding hydrogens is 496 g/mol. The Balaban J connectivity index is 0.00000300. The van der Waals surface area contributed by atoms with Crippen LogP contribution in [0.2, 0.25) is 0 Å². The number of rotatable bonds is 7. The van der Waals surface area contributed by atoms with Gasteiger partial charge in [0.1, 0.15) is 0 Å². The van der Waals surface area contributed by atoms with E-state index in [0.29, 0.717) is 12.5 Å². The lowest BCUT2D eigenvalue weighted by atomic mass is 9.96. The first-order valence-electron chi connectivity index (χ1n) is 9.05. The zero-order valence-corrected chi connectivity index (χ0v) is 18.3. The van der Waals surface area contributed by atoms with Crippen LogP contribution >= 0.6 is 24.0 Å². The van der Waals surface area contributed by atoms with Gasteiger partial charge in [0.25, 0.3) is 0 Å². The number of aliphatic imine (C=N–C) groups is 1. The fourth-order valence-electron chi connectivity index (χ4n) is 2.93. The molecule has 0 radical (unpaired) electrons. The lowest BCUT2D eigenvalue weighted by molar-refractivity contribution is -0.154. The Morgan fingerprint density at radius 2 is 1.86 bits per heavy atom. The monoisotopic (exact) mass is 520 g/mol. The van der Waals surface area contributed by atoms with Crippen LogP contribution in [-0.2, 0) is 12.0 Å². The summed E-state index contributed by atoms with van der Waals surface area (Å²) < 4.78 is 41.1. The average Bonchev–Trinajstić information content (AvgIpc) is 3.49. The van der Waals surface area contributed by atoms with Gasteiger partial charge in [0.05, 0.1) is 0 Å². The Morgan fingerprint density at radius 3 is 2.41 bits per heavy atom. The molecule has 1 heterocycles. The first-order chi connectivity index (χ1) is 13.4. The van der Waals surface area contributed by atoms with E-state index in [1.807, 2.05) is 6.07 Å². The van der Waals surface area contributed by atoms with E-state index >= 15 is 0 Å². The van der Waals surface area contributed by atoms with Gasteiger partial charge < -0.3 is 15.4 Å². The Bertz CT molecular complexity index is 794. The normalized spacial score (nSPS) is 15.2. The molecule has 1 fully saturated rings. The number of benzene rings is 1. The minimum Gasteiger partial charge on any atom is -0.468 e. The van der Waals surface area contributed by atoms with Crippen molar-refractivity contribution in [3.63, 3.8) is 0 Å². The van der Waals surface area contributed by atoms with E-state index in [0.717, 1.165) is 24.9 Å². The second-order valence-electron chi connectivity index (χ2n) is 6.83. The molecule has 1 aliphatic rings. The number of nitrogens with one attached hydrogen (secondary N) is 2. The van der Waals surface area contributed by atoms with Crippen molar-refractivity contribution in [1.82, 2.24) is 15.6 Å². The number of aromatic nitrogens is 1. The van der Waals surface area contributed by atoms with Crippen LogP contribution < -0.4 is 15.4 Å². The van der Waals surface area contributed by atoms with E-state index in [1.54, 1.807) is 13.1 Å². The smallest absolute Gasteiger partial charge is 0.422 e. The van der Waals surface area contributed by atoms with E-state index in [4.69, 9.17) is 0 Å². The van der Waals surface area contributed by atoms with Crippen molar-refractivity contribution >= 4 is 29.9 Å². The van der Waals surface area contributed by atoms with Gasteiger partial charge in [-0.1, -0.05) is 36.4 Å². The highest BCUT2D eigenvalue weighted by molar-refractivity contribution is 14.0. The van der Waals surface area contributed by atoms with Crippen molar-refractivity contribution in [2.75, 3.05) is 20.2 Å². The second-order valence-corrected chi connectivity index (χ2v) is 6.83. The Morgan fingerprint density at radius 1 is 1.14 bits per heavy atom. The molecule has 2 N–H and O–H groups in total. The highest BCUT2D eigenvalue weighted by atomic mass is 127. The lowest BCUT2D eigenvalue weighted by Gasteiger charge is -2.19. The van der Waals surface area contributed by atoms with Crippen molar-refractivity contribution in [1.29, 1.82) is 0 Å². The van der Waals surface area contributed by atoms with Gasteiger partial charge in [-0.15, -0.1) is 24.0 Å². The molecule has 0 spiro atoms. The molecule has 0 atom stereocenters. The number of hydrogen-bond donors (Lipinski definition) is 2. The SMILES string of the molecule is CN=C(NCc1ccc(OCC(F)(F)F)nc1)NCC1(c2ccccc2)CC1.I. The molecular formula is C20H24F3IN4O. The summed E-state index contributed by atoms with van der Waals surface area (Å²) in [5.74, 6) is 0.613. The third-order valence-corrected chi connectivity index (χ3v) is 4.70. The van der Waals surface area contributed by atoms with Crippen LogP contribution in [-0.4, -0.2) is 37.3 Å². The molecule has 2 aromatic rings. The van der Waals surface area contributed by atoms with Crippen LogP contribution in [0.25, 0.3) is 0 Å². The molecule has 5 nitrogen and oxygen atoms in total. The molecule has 9 heteroatoms. The first-order valence-corrected chi connectivity index (χ1v) is 9.05. The van der Waals surface area contributed by atoms with Crippen LogP contribution in [0, 0.1) is 0 Å². The number of pyridine rings is 1. The Labute approximate surface area is 185 Å². The number of hydrogen-bond acceptors (Lipinski definition) is 3. The summed E-state index contributed by atoms with van der Waals surface area (Å²) in [5, 5.41) is 6.55. The van der Waals surface area contributed by atoms with Gasteiger partial charge >= 0.3 is 6.18 Å². The number of nitrogens with zero attached hydrogens (tertiary/aromatic N) is 2. The molecule has 29 heavy (non-hydrogen) atoms. The molecule has 0 bridgehead atoms. The van der Waals surface area contributed by atoms with Gasteiger partial charge in [0, 0.05) is 37.8 Å². The zero-order valence-electron chi connectivity index (χ0n) is 16.0. The Kier molecular flexibility index (Phi) is 8.12. The third kappa shape index (κ3) is 7.06.